The number of carbonyl (C=O) groups is 2. The molecule has 0 heterocycles. The molecule has 2 amide bonds. The van der Waals surface area contributed by atoms with Crippen LogP contribution in [0, 0.1) is 0 Å². The van der Waals surface area contributed by atoms with E-state index < -0.39 is 6.10 Å². The van der Waals surface area contributed by atoms with Crippen LogP contribution in [0.2, 0.25) is 0 Å². The quantitative estimate of drug-likeness (QED) is 0.573. The molecule has 172 valence electrons. The third-order valence-corrected chi connectivity index (χ3v) is 6.03. The van der Waals surface area contributed by atoms with E-state index in [-0.39, 0.29) is 23.3 Å². The Bertz CT molecular complexity index is 909. The van der Waals surface area contributed by atoms with Crippen LogP contribution in [0.3, 0.4) is 0 Å². The molecule has 0 saturated heterocycles. The highest BCUT2D eigenvalue weighted by molar-refractivity contribution is 6.04. The molecule has 1 fully saturated rings. The maximum absolute atomic E-state index is 13.0. The Morgan fingerprint density at radius 2 is 1.66 bits per heavy atom. The monoisotopic (exact) mass is 436 g/mol. The number of nitrogens with one attached hydrogen (secondary N) is 2. The Kier molecular flexibility index (Phi) is 7.94. The third-order valence-electron chi connectivity index (χ3n) is 6.03. The number of amides is 2. The molecule has 0 bridgehead atoms. The summed E-state index contributed by atoms with van der Waals surface area (Å²) in [6.07, 6.45) is 5.43. The fourth-order valence-electron chi connectivity index (χ4n) is 4.03. The van der Waals surface area contributed by atoms with Gasteiger partial charge in [-0.3, -0.25) is 9.59 Å². The molecule has 0 radical (unpaired) electrons. The van der Waals surface area contributed by atoms with Crippen LogP contribution in [0.4, 0.5) is 5.69 Å². The predicted octanol–water partition coefficient (Wildman–Crippen LogP) is 5.84. The minimum atomic E-state index is -0.648. The number of hydrogen-bond donors (Lipinski definition) is 2. The van der Waals surface area contributed by atoms with Crippen LogP contribution in [0.15, 0.2) is 48.5 Å². The number of hydrogen-bond acceptors (Lipinski definition) is 3. The van der Waals surface area contributed by atoms with E-state index in [9.17, 15) is 9.59 Å². The number of benzene rings is 2. The largest absolute Gasteiger partial charge is 0.481 e. The molecule has 0 spiro atoms. The highest BCUT2D eigenvalue weighted by atomic mass is 16.5. The lowest BCUT2D eigenvalue weighted by molar-refractivity contribution is -0.122. The Labute approximate surface area is 191 Å². The van der Waals surface area contributed by atoms with Gasteiger partial charge in [-0.25, -0.2) is 0 Å². The van der Waals surface area contributed by atoms with E-state index >= 15 is 0 Å². The van der Waals surface area contributed by atoms with E-state index in [1.807, 2.05) is 43.3 Å². The average Bonchev–Trinajstić information content (AvgIpc) is 2.78. The van der Waals surface area contributed by atoms with Gasteiger partial charge in [-0.1, -0.05) is 71.2 Å². The van der Waals surface area contributed by atoms with E-state index in [0.29, 0.717) is 23.4 Å². The van der Waals surface area contributed by atoms with Gasteiger partial charge in [0.1, 0.15) is 5.75 Å². The Morgan fingerprint density at radius 3 is 2.28 bits per heavy atom. The molecule has 3 rings (SSSR count). The van der Waals surface area contributed by atoms with E-state index in [2.05, 4.69) is 31.4 Å². The molecule has 0 aliphatic heterocycles. The summed E-state index contributed by atoms with van der Waals surface area (Å²) >= 11 is 0. The summed E-state index contributed by atoms with van der Waals surface area (Å²) in [5.74, 6) is 0.258. The van der Waals surface area contributed by atoms with E-state index in [0.717, 1.165) is 25.7 Å². The molecule has 5 nitrogen and oxygen atoms in total. The molecule has 0 aromatic heterocycles. The van der Waals surface area contributed by atoms with Crippen LogP contribution in [0.25, 0.3) is 0 Å². The van der Waals surface area contributed by atoms with Gasteiger partial charge in [0.2, 0.25) is 0 Å². The summed E-state index contributed by atoms with van der Waals surface area (Å²) in [6.45, 7) is 8.39. The molecule has 2 aromatic carbocycles. The van der Waals surface area contributed by atoms with Crippen molar-refractivity contribution < 1.29 is 14.3 Å². The van der Waals surface area contributed by atoms with Crippen molar-refractivity contribution in [2.75, 3.05) is 5.32 Å². The normalized spacial score (nSPS) is 15.6. The number of para-hydroxylation sites is 1. The Morgan fingerprint density at radius 1 is 1.00 bits per heavy atom. The van der Waals surface area contributed by atoms with Crippen molar-refractivity contribution in [2.45, 2.75) is 83.8 Å². The van der Waals surface area contributed by atoms with Gasteiger partial charge in [0.05, 0.1) is 11.3 Å². The summed E-state index contributed by atoms with van der Waals surface area (Å²) in [5, 5.41) is 6.04. The summed E-state index contributed by atoms with van der Waals surface area (Å²) in [7, 11) is 0. The minimum Gasteiger partial charge on any atom is -0.481 e. The van der Waals surface area contributed by atoms with E-state index in [4.69, 9.17) is 4.74 Å². The van der Waals surface area contributed by atoms with Crippen LogP contribution in [0.1, 0.15) is 82.1 Å². The first kappa shape index (κ1) is 23.8. The summed E-state index contributed by atoms with van der Waals surface area (Å²) in [4.78, 5) is 25.8. The first-order valence-electron chi connectivity index (χ1n) is 11.8. The second kappa shape index (κ2) is 10.7. The summed E-state index contributed by atoms with van der Waals surface area (Å²) in [6, 6.07) is 15.2. The van der Waals surface area contributed by atoms with Crippen molar-refractivity contribution in [3.63, 3.8) is 0 Å². The van der Waals surface area contributed by atoms with Gasteiger partial charge in [-0.2, -0.15) is 0 Å². The Balaban J connectivity index is 1.66. The zero-order valence-electron chi connectivity index (χ0n) is 19.7. The second-order valence-electron chi connectivity index (χ2n) is 9.63. The van der Waals surface area contributed by atoms with Crippen molar-refractivity contribution in [3.8, 4) is 5.75 Å². The summed E-state index contributed by atoms with van der Waals surface area (Å²) in [5.41, 5.74) is 2.26. The molecule has 0 unspecified atom stereocenters. The minimum absolute atomic E-state index is 0.0575. The summed E-state index contributed by atoms with van der Waals surface area (Å²) < 4.78 is 5.97. The third kappa shape index (κ3) is 6.35. The first-order valence-corrected chi connectivity index (χ1v) is 11.8. The maximum atomic E-state index is 13.0. The fraction of sp³-hybridized carbons (Fsp3) is 0.481. The first-order chi connectivity index (χ1) is 15.3. The van der Waals surface area contributed by atoms with Gasteiger partial charge in [-0.05, 0) is 54.5 Å². The van der Waals surface area contributed by atoms with Crippen molar-refractivity contribution >= 4 is 17.5 Å². The molecule has 1 aliphatic carbocycles. The fourth-order valence-corrected chi connectivity index (χ4v) is 4.03. The van der Waals surface area contributed by atoms with Crippen molar-refractivity contribution in [3.05, 3.63) is 59.7 Å². The molecule has 2 N–H and O–H groups in total. The van der Waals surface area contributed by atoms with Crippen molar-refractivity contribution in [2.24, 2.45) is 0 Å². The van der Waals surface area contributed by atoms with Gasteiger partial charge >= 0.3 is 0 Å². The molecule has 1 saturated carbocycles. The van der Waals surface area contributed by atoms with Crippen molar-refractivity contribution in [1.82, 2.24) is 5.32 Å². The number of anilines is 1. The molecule has 1 aliphatic rings. The van der Waals surface area contributed by atoms with E-state index in [1.54, 1.807) is 12.1 Å². The van der Waals surface area contributed by atoms with Gasteiger partial charge in [0, 0.05) is 6.04 Å². The average molecular weight is 437 g/mol. The molecular weight excluding hydrogens is 400 g/mol. The van der Waals surface area contributed by atoms with Crippen molar-refractivity contribution in [1.29, 1.82) is 0 Å². The smallest absolute Gasteiger partial charge is 0.265 e. The predicted molar refractivity (Wildman–Crippen MR) is 129 cm³/mol. The van der Waals surface area contributed by atoms with Gasteiger partial charge in [0.15, 0.2) is 6.10 Å². The number of carbonyl (C=O) groups excluding carboxylic acids is 2. The molecule has 32 heavy (non-hydrogen) atoms. The lowest BCUT2D eigenvalue weighted by atomic mass is 9.87. The second-order valence-corrected chi connectivity index (χ2v) is 9.63. The maximum Gasteiger partial charge on any atom is 0.265 e. The van der Waals surface area contributed by atoms with Crippen LogP contribution < -0.4 is 15.4 Å². The van der Waals surface area contributed by atoms with Crippen LogP contribution in [-0.2, 0) is 10.2 Å². The lowest BCUT2D eigenvalue weighted by Crippen LogP contribution is -2.37. The van der Waals surface area contributed by atoms with Crippen LogP contribution >= 0.6 is 0 Å². The van der Waals surface area contributed by atoms with Gasteiger partial charge in [-0.15, -0.1) is 0 Å². The molecule has 2 aromatic rings. The topological polar surface area (TPSA) is 67.4 Å². The SMILES string of the molecule is CC[C@@H](Oc1ccc(C(C)(C)C)cc1)C(=O)Nc1ccccc1C(=O)NC1CCCCC1. The molecule has 1 atom stereocenters. The molecule has 5 heteroatoms. The zero-order chi connectivity index (χ0) is 23.1. The van der Waals surface area contributed by atoms with Gasteiger partial charge < -0.3 is 15.4 Å². The van der Waals surface area contributed by atoms with Crippen LogP contribution in [0.5, 0.6) is 5.75 Å². The number of rotatable bonds is 7. The highest BCUT2D eigenvalue weighted by Crippen LogP contribution is 2.25. The zero-order valence-corrected chi connectivity index (χ0v) is 19.7. The highest BCUT2D eigenvalue weighted by Gasteiger charge is 2.23. The lowest BCUT2D eigenvalue weighted by Gasteiger charge is -2.24. The Hall–Kier alpha value is -2.82. The van der Waals surface area contributed by atoms with Crippen LogP contribution in [-0.4, -0.2) is 24.0 Å². The number of ether oxygens (including phenoxy) is 1. The van der Waals surface area contributed by atoms with E-state index in [1.165, 1.54) is 12.0 Å². The standard InChI is InChI=1S/C27H36N2O3/c1-5-24(32-21-17-15-19(16-18-21)27(2,3)4)26(31)29-23-14-10-9-13-22(23)25(30)28-20-11-7-6-8-12-20/h9-10,13-18,20,24H,5-8,11-12H2,1-4H3,(H,28,30)(H,29,31)/t24-/m1/s1. The van der Waals surface area contributed by atoms with Gasteiger partial charge in [0.25, 0.3) is 11.8 Å². The molecular formula is C27H36N2O3.